The van der Waals surface area contributed by atoms with Crippen LogP contribution >= 0.6 is 23.4 Å². The van der Waals surface area contributed by atoms with E-state index in [2.05, 4.69) is 13.2 Å². The van der Waals surface area contributed by atoms with Gasteiger partial charge in [-0.2, -0.15) is 0 Å². The number of ether oxygens (including phenoxy) is 1. The van der Waals surface area contributed by atoms with Crippen molar-refractivity contribution in [2.45, 2.75) is 55.1 Å². The number of halogens is 1. The molecular weight excluding hydrogens is 512 g/mol. The number of thioether (sulfide) groups is 1. The minimum absolute atomic E-state index is 0.00566. The van der Waals surface area contributed by atoms with Crippen molar-refractivity contribution in [1.82, 2.24) is 4.90 Å². The topological polar surface area (TPSA) is 87.1 Å². The molecule has 1 aromatic rings. The molecule has 3 saturated heterocycles. The molecule has 4 rings (SSSR count). The van der Waals surface area contributed by atoms with E-state index >= 15 is 0 Å². The average Bonchev–Trinajstić information content (AvgIpc) is 3.51. The summed E-state index contributed by atoms with van der Waals surface area (Å²) >= 11 is 8.19. The van der Waals surface area contributed by atoms with Crippen LogP contribution < -0.4 is 4.90 Å². The molecule has 2 bridgehead atoms. The van der Waals surface area contributed by atoms with E-state index in [9.17, 15) is 19.5 Å². The van der Waals surface area contributed by atoms with E-state index < -0.39 is 22.6 Å². The van der Waals surface area contributed by atoms with Crippen LogP contribution in [0.3, 0.4) is 0 Å². The van der Waals surface area contributed by atoms with E-state index in [1.807, 2.05) is 19.1 Å². The van der Waals surface area contributed by atoms with Crippen LogP contribution in [0.25, 0.3) is 0 Å². The molecule has 0 radical (unpaired) electrons. The Hall–Kier alpha value is -2.29. The van der Waals surface area contributed by atoms with Crippen LogP contribution in [0, 0.1) is 18.8 Å². The first-order valence-electron chi connectivity index (χ1n) is 12.9. The zero-order valence-corrected chi connectivity index (χ0v) is 22.8. The van der Waals surface area contributed by atoms with E-state index in [1.54, 1.807) is 39.8 Å². The number of carbonyl (C=O) groups excluding carboxylic acids is 3. The molecule has 3 aliphatic heterocycles. The minimum Gasteiger partial charge on any atom is -0.465 e. The third-order valence-corrected chi connectivity index (χ3v) is 9.97. The van der Waals surface area contributed by atoms with E-state index in [4.69, 9.17) is 16.3 Å². The molecule has 2 unspecified atom stereocenters. The fourth-order valence-electron chi connectivity index (χ4n) is 6.21. The van der Waals surface area contributed by atoms with Crippen LogP contribution in [-0.4, -0.2) is 70.1 Å². The van der Waals surface area contributed by atoms with Gasteiger partial charge in [0.25, 0.3) is 5.91 Å². The molecule has 1 N–H and O–H groups in total. The van der Waals surface area contributed by atoms with Gasteiger partial charge in [0.1, 0.15) is 6.04 Å². The number of unbranched alkanes of at least 4 members (excludes halogenated alkanes) is 1. The molecule has 37 heavy (non-hydrogen) atoms. The van der Waals surface area contributed by atoms with Gasteiger partial charge in [0.2, 0.25) is 5.91 Å². The van der Waals surface area contributed by atoms with Crippen molar-refractivity contribution >= 4 is 46.8 Å². The first-order chi connectivity index (χ1) is 17.8. The molecule has 200 valence electrons. The normalized spacial score (nSPS) is 27.8. The highest BCUT2D eigenvalue weighted by Gasteiger charge is 2.74. The Kier molecular flexibility index (Phi) is 8.71. The summed E-state index contributed by atoms with van der Waals surface area (Å²) in [6.07, 6.45) is 6.38. The molecule has 0 aliphatic carbocycles. The maximum absolute atomic E-state index is 14.5. The molecule has 3 heterocycles. The smallest absolute Gasteiger partial charge is 0.310 e. The zero-order valence-electron chi connectivity index (χ0n) is 21.2. The van der Waals surface area contributed by atoms with Crippen molar-refractivity contribution in [2.75, 3.05) is 31.2 Å². The largest absolute Gasteiger partial charge is 0.465 e. The minimum atomic E-state index is -0.750. The summed E-state index contributed by atoms with van der Waals surface area (Å²) in [5.74, 6) is -1.96. The summed E-state index contributed by atoms with van der Waals surface area (Å²) in [7, 11) is 0. The number of hydrogen-bond donors (Lipinski definition) is 1. The number of anilines is 1. The number of esters is 1. The number of aryl methyl sites for hydroxylation is 1. The third-order valence-electron chi connectivity index (χ3n) is 7.72. The Bertz CT molecular complexity index is 1060. The number of aliphatic hydroxyl groups is 1. The number of carbonyl (C=O) groups is 3. The van der Waals surface area contributed by atoms with Crippen LogP contribution in [0.2, 0.25) is 5.02 Å². The molecule has 5 atom stereocenters. The molecule has 2 amide bonds. The lowest BCUT2D eigenvalue weighted by molar-refractivity contribution is -0.154. The monoisotopic (exact) mass is 546 g/mol. The lowest BCUT2D eigenvalue weighted by Crippen LogP contribution is -2.55. The van der Waals surface area contributed by atoms with Crippen molar-refractivity contribution in [3.05, 3.63) is 54.1 Å². The third kappa shape index (κ3) is 4.84. The Morgan fingerprint density at radius 1 is 1.32 bits per heavy atom. The highest BCUT2D eigenvalue weighted by atomic mass is 35.5. The van der Waals surface area contributed by atoms with Gasteiger partial charge in [0, 0.05) is 24.9 Å². The average molecular weight is 547 g/mol. The van der Waals surface area contributed by atoms with E-state index in [-0.39, 0.29) is 42.8 Å². The van der Waals surface area contributed by atoms with Gasteiger partial charge in [-0.25, -0.2) is 0 Å². The highest BCUT2D eigenvalue weighted by molar-refractivity contribution is 8.02. The van der Waals surface area contributed by atoms with Crippen molar-refractivity contribution < 1.29 is 24.2 Å². The van der Waals surface area contributed by atoms with Gasteiger partial charge in [-0.1, -0.05) is 35.9 Å². The van der Waals surface area contributed by atoms with Crippen LogP contribution in [-0.2, 0) is 19.1 Å². The van der Waals surface area contributed by atoms with E-state index in [1.165, 1.54) is 0 Å². The van der Waals surface area contributed by atoms with Crippen molar-refractivity contribution in [3.63, 3.8) is 0 Å². The standard InChI is InChI=1S/C28H35ClN2O5S/c1-4-6-17-36-27(35)21-20-12-13-28(37-20)22(21)25(33)31(15-7-8-16-32)24(28)26(34)30(14-5-2)23-18(3)10-9-11-19(23)29/h4-5,9-11,20-22,24,32H,1-2,6-8,12-17H2,3H3/t20-,21+,22+,24?,28?/m1/s1. The van der Waals surface area contributed by atoms with Gasteiger partial charge < -0.3 is 19.6 Å². The SMILES string of the molecule is C=CCCOC(=O)[C@@H]1[C@H]2C(=O)N(CCCCO)C(C(=O)N(CC=C)c3c(C)cccc3Cl)C23CC[C@H]1S3. The maximum atomic E-state index is 14.5. The van der Waals surface area contributed by atoms with Gasteiger partial charge in [-0.3, -0.25) is 14.4 Å². The van der Waals surface area contributed by atoms with Crippen LogP contribution in [0.1, 0.15) is 37.7 Å². The molecule has 1 spiro atoms. The van der Waals surface area contributed by atoms with Gasteiger partial charge in [-0.05, 0) is 50.7 Å². The number of likely N-dealkylation sites (tertiary alicyclic amines) is 1. The molecule has 7 nitrogen and oxygen atoms in total. The zero-order chi connectivity index (χ0) is 26.7. The molecule has 3 fully saturated rings. The summed E-state index contributed by atoms with van der Waals surface area (Å²) < 4.78 is 4.82. The number of benzene rings is 1. The Morgan fingerprint density at radius 3 is 2.78 bits per heavy atom. The molecule has 9 heteroatoms. The molecular formula is C28H35ClN2O5S. The lowest BCUT2D eigenvalue weighted by atomic mass is 9.71. The Morgan fingerprint density at radius 2 is 2.11 bits per heavy atom. The number of rotatable bonds is 12. The summed E-state index contributed by atoms with van der Waals surface area (Å²) in [5, 5.41) is 9.75. The van der Waals surface area contributed by atoms with Gasteiger partial charge >= 0.3 is 5.97 Å². The number of para-hydroxylation sites is 1. The first-order valence-corrected chi connectivity index (χ1v) is 14.1. The Balaban J connectivity index is 1.74. The van der Waals surface area contributed by atoms with E-state index in [0.717, 1.165) is 12.0 Å². The highest BCUT2D eigenvalue weighted by Crippen LogP contribution is 2.66. The predicted molar refractivity (Wildman–Crippen MR) is 147 cm³/mol. The first kappa shape index (κ1) is 27.7. The number of fused-ring (bicyclic) bond motifs is 1. The second-order valence-electron chi connectivity index (χ2n) is 9.91. The van der Waals surface area contributed by atoms with Crippen molar-refractivity contribution in [1.29, 1.82) is 0 Å². The van der Waals surface area contributed by atoms with Crippen LogP contribution in [0.5, 0.6) is 0 Å². The number of hydrogen-bond acceptors (Lipinski definition) is 6. The fraction of sp³-hybridized carbons (Fsp3) is 0.536. The van der Waals surface area contributed by atoms with E-state index in [0.29, 0.717) is 42.9 Å². The summed E-state index contributed by atoms with van der Waals surface area (Å²) in [5.41, 5.74) is 1.45. The molecule has 1 aromatic carbocycles. The summed E-state index contributed by atoms with van der Waals surface area (Å²) in [6, 6.07) is 4.73. The van der Waals surface area contributed by atoms with Crippen molar-refractivity contribution in [3.8, 4) is 0 Å². The van der Waals surface area contributed by atoms with Crippen molar-refractivity contribution in [2.24, 2.45) is 11.8 Å². The second-order valence-corrected chi connectivity index (χ2v) is 11.9. The summed E-state index contributed by atoms with van der Waals surface area (Å²) in [4.78, 5) is 44.9. The fourth-order valence-corrected chi connectivity index (χ4v) is 8.73. The lowest BCUT2D eigenvalue weighted by Gasteiger charge is -2.37. The Labute approximate surface area is 227 Å². The number of amides is 2. The van der Waals surface area contributed by atoms with Crippen LogP contribution in [0.15, 0.2) is 43.5 Å². The molecule has 3 aliphatic rings. The van der Waals surface area contributed by atoms with Gasteiger partial charge in [0.15, 0.2) is 0 Å². The molecule has 0 aromatic heterocycles. The predicted octanol–water partition coefficient (Wildman–Crippen LogP) is 4.15. The number of aliphatic hydroxyl groups excluding tert-OH is 1. The van der Waals surface area contributed by atoms with Gasteiger partial charge in [-0.15, -0.1) is 24.9 Å². The van der Waals surface area contributed by atoms with Crippen LogP contribution in [0.4, 0.5) is 5.69 Å². The van der Waals surface area contributed by atoms with Gasteiger partial charge in [0.05, 0.1) is 33.9 Å². The quantitative estimate of drug-likeness (QED) is 0.241. The number of nitrogens with zero attached hydrogens (tertiary/aromatic N) is 2. The second kappa shape index (κ2) is 11.6. The summed E-state index contributed by atoms with van der Waals surface area (Å²) in [6.45, 7) is 10.2. The molecule has 0 saturated carbocycles. The maximum Gasteiger partial charge on any atom is 0.310 e.